The summed E-state index contributed by atoms with van der Waals surface area (Å²) >= 11 is 6.80. The number of hydrogen-bond acceptors (Lipinski definition) is 4. The van der Waals surface area contributed by atoms with Crippen LogP contribution in [0.2, 0.25) is 0 Å². The molecule has 1 fully saturated rings. The smallest absolute Gasteiger partial charge is 0.244 e. The van der Waals surface area contributed by atoms with Gasteiger partial charge in [-0.05, 0) is 65.5 Å². The third kappa shape index (κ3) is 7.79. The maximum absolute atomic E-state index is 13.6. The molecule has 1 aliphatic carbocycles. The van der Waals surface area contributed by atoms with E-state index in [0.29, 0.717) is 10.2 Å². The van der Waals surface area contributed by atoms with Crippen LogP contribution in [0.5, 0.6) is 0 Å². The third-order valence-corrected chi connectivity index (χ3v) is 8.51. The summed E-state index contributed by atoms with van der Waals surface area (Å²) in [6.45, 7) is 1.45. The quantitative estimate of drug-likeness (QED) is 0.430. The Labute approximate surface area is 224 Å². The highest BCUT2D eigenvalue weighted by molar-refractivity contribution is 9.10. The van der Waals surface area contributed by atoms with Gasteiger partial charge in [0, 0.05) is 21.5 Å². The fourth-order valence-electron chi connectivity index (χ4n) is 4.19. The summed E-state index contributed by atoms with van der Waals surface area (Å²) in [4.78, 5) is 28.2. The van der Waals surface area contributed by atoms with Gasteiger partial charge < -0.3 is 10.2 Å². The molecule has 0 heterocycles. The first kappa shape index (κ1) is 27.7. The molecule has 1 saturated carbocycles. The van der Waals surface area contributed by atoms with Crippen LogP contribution in [0.25, 0.3) is 0 Å². The number of carbonyl (C=O) groups is 2. The summed E-state index contributed by atoms with van der Waals surface area (Å²) in [5, 5.41) is 3.09. The van der Waals surface area contributed by atoms with Gasteiger partial charge in [0.25, 0.3) is 0 Å². The molecule has 0 aromatic heterocycles. The number of anilines is 1. The van der Waals surface area contributed by atoms with Crippen molar-refractivity contribution in [3.05, 3.63) is 63.0 Å². The predicted molar refractivity (Wildman–Crippen MR) is 146 cm³/mol. The van der Waals surface area contributed by atoms with Gasteiger partial charge in [0.1, 0.15) is 12.6 Å². The lowest BCUT2D eigenvalue weighted by Gasteiger charge is -2.33. The van der Waals surface area contributed by atoms with Gasteiger partial charge in [-0.1, -0.05) is 59.5 Å². The Balaban J connectivity index is 1.87. The van der Waals surface area contributed by atoms with Crippen molar-refractivity contribution in [2.45, 2.75) is 57.7 Å². The maximum atomic E-state index is 13.6. The number of carbonyl (C=O) groups excluding carboxylic acids is 2. The molecule has 1 unspecified atom stereocenters. The van der Waals surface area contributed by atoms with E-state index in [0.717, 1.165) is 46.3 Å². The minimum absolute atomic E-state index is 0.108. The summed E-state index contributed by atoms with van der Waals surface area (Å²) in [7, 11) is -3.77. The van der Waals surface area contributed by atoms with Crippen LogP contribution in [-0.4, -0.2) is 50.0 Å². The average molecular weight is 629 g/mol. The van der Waals surface area contributed by atoms with Crippen LogP contribution < -0.4 is 9.62 Å². The van der Waals surface area contributed by atoms with Crippen LogP contribution in [0.1, 0.15) is 44.6 Å². The van der Waals surface area contributed by atoms with Crippen LogP contribution in [0.15, 0.2) is 57.5 Å². The topological polar surface area (TPSA) is 86.8 Å². The largest absolute Gasteiger partial charge is 0.352 e. The molecule has 7 nitrogen and oxygen atoms in total. The molecule has 2 aromatic rings. The lowest BCUT2D eigenvalue weighted by Crippen LogP contribution is -2.53. The number of nitrogens with one attached hydrogen (secondary N) is 1. The van der Waals surface area contributed by atoms with E-state index in [2.05, 4.69) is 37.2 Å². The molecule has 2 aromatic carbocycles. The van der Waals surface area contributed by atoms with Crippen LogP contribution in [0.4, 0.5) is 5.69 Å². The molecule has 35 heavy (non-hydrogen) atoms. The van der Waals surface area contributed by atoms with Crippen molar-refractivity contribution in [3.8, 4) is 0 Å². The number of amides is 2. The average Bonchev–Trinajstić information content (AvgIpc) is 2.82. The highest BCUT2D eigenvalue weighted by atomic mass is 79.9. The van der Waals surface area contributed by atoms with Gasteiger partial charge in [-0.25, -0.2) is 8.42 Å². The summed E-state index contributed by atoms with van der Waals surface area (Å²) in [6.07, 6.45) is 6.27. The lowest BCUT2D eigenvalue weighted by molar-refractivity contribution is -0.139. The van der Waals surface area contributed by atoms with Gasteiger partial charge in [0.05, 0.1) is 11.9 Å². The highest BCUT2D eigenvalue weighted by Gasteiger charge is 2.31. The van der Waals surface area contributed by atoms with E-state index < -0.39 is 28.5 Å². The van der Waals surface area contributed by atoms with E-state index in [1.807, 2.05) is 24.3 Å². The van der Waals surface area contributed by atoms with Crippen molar-refractivity contribution in [1.29, 1.82) is 0 Å². The van der Waals surface area contributed by atoms with E-state index in [4.69, 9.17) is 0 Å². The summed E-state index contributed by atoms with van der Waals surface area (Å²) in [5.41, 5.74) is 1.21. The van der Waals surface area contributed by atoms with Crippen molar-refractivity contribution < 1.29 is 18.0 Å². The Bertz CT molecular complexity index is 1140. The first-order valence-electron chi connectivity index (χ1n) is 11.6. The summed E-state index contributed by atoms with van der Waals surface area (Å²) in [6, 6.07) is 13.7. The normalized spacial score (nSPS) is 15.3. The first-order valence-corrected chi connectivity index (χ1v) is 15.1. The monoisotopic (exact) mass is 627 g/mol. The second-order valence-corrected chi connectivity index (χ2v) is 12.6. The number of sulfonamides is 1. The van der Waals surface area contributed by atoms with Crippen molar-refractivity contribution >= 4 is 59.4 Å². The predicted octanol–water partition coefficient (Wildman–Crippen LogP) is 4.84. The fourth-order valence-corrected chi connectivity index (χ4v) is 5.93. The molecule has 1 N–H and O–H groups in total. The molecular weight excluding hydrogens is 598 g/mol. The minimum atomic E-state index is -3.77. The van der Waals surface area contributed by atoms with Crippen LogP contribution >= 0.6 is 31.9 Å². The van der Waals surface area contributed by atoms with E-state index in [-0.39, 0.29) is 18.5 Å². The summed E-state index contributed by atoms with van der Waals surface area (Å²) < 4.78 is 27.8. The summed E-state index contributed by atoms with van der Waals surface area (Å²) in [5.74, 6) is -0.686. The molecule has 0 aliphatic heterocycles. The van der Waals surface area contributed by atoms with Crippen LogP contribution in [0.3, 0.4) is 0 Å². The number of para-hydroxylation sites is 1. The Hall–Kier alpha value is -1.91. The molecule has 1 aliphatic rings. The molecule has 0 radical (unpaired) electrons. The van der Waals surface area contributed by atoms with Crippen molar-refractivity contribution in [3.63, 3.8) is 0 Å². The number of hydrogen-bond donors (Lipinski definition) is 1. The van der Waals surface area contributed by atoms with Crippen LogP contribution in [-0.2, 0) is 26.2 Å². The Morgan fingerprint density at radius 2 is 1.66 bits per heavy atom. The van der Waals surface area contributed by atoms with Crippen molar-refractivity contribution in [1.82, 2.24) is 10.2 Å². The molecule has 10 heteroatoms. The second kappa shape index (κ2) is 12.4. The first-order chi connectivity index (χ1) is 16.6. The molecule has 2 amide bonds. The van der Waals surface area contributed by atoms with E-state index >= 15 is 0 Å². The van der Waals surface area contributed by atoms with Crippen molar-refractivity contribution in [2.24, 2.45) is 0 Å². The number of nitrogens with zero attached hydrogens (tertiary/aromatic N) is 2. The molecule has 0 spiro atoms. The van der Waals surface area contributed by atoms with Gasteiger partial charge in [-0.3, -0.25) is 13.9 Å². The molecule has 3 rings (SSSR count). The molecule has 0 saturated heterocycles. The van der Waals surface area contributed by atoms with Crippen molar-refractivity contribution in [2.75, 3.05) is 17.1 Å². The van der Waals surface area contributed by atoms with Gasteiger partial charge in [0.2, 0.25) is 21.8 Å². The Kier molecular flexibility index (Phi) is 9.77. The van der Waals surface area contributed by atoms with E-state index in [9.17, 15) is 18.0 Å². The highest BCUT2D eigenvalue weighted by Crippen LogP contribution is 2.28. The zero-order chi connectivity index (χ0) is 25.6. The zero-order valence-electron chi connectivity index (χ0n) is 19.9. The zero-order valence-corrected chi connectivity index (χ0v) is 23.9. The fraction of sp³-hybridized carbons (Fsp3) is 0.440. The number of rotatable bonds is 9. The Morgan fingerprint density at radius 1 is 1.03 bits per heavy atom. The SMILES string of the molecule is CC(C(=O)NC1CCCCC1)N(Cc1ccc(Br)cc1)C(=O)CN(c1ccccc1Br)S(C)(=O)=O. The van der Waals surface area contributed by atoms with E-state index in [1.165, 1.54) is 11.3 Å². The minimum Gasteiger partial charge on any atom is -0.352 e. The van der Waals surface area contributed by atoms with Gasteiger partial charge in [0.15, 0.2) is 0 Å². The van der Waals surface area contributed by atoms with Gasteiger partial charge in [-0.2, -0.15) is 0 Å². The molecule has 190 valence electrons. The van der Waals surface area contributed by atoms with Gasteiger partial charge >= 0.3 is 0 Å². The molecule has 1 atom stereocenters. The lowest BCUT2D eigenvalue weighted by atomic mass is 9.95. The maximum Gasteiger partial charge on any atom is 0.244 e. The third-order valence-electron chi connectivity index (χ3n) is 6.19. The number of benzene rings is 2. The van der Waals surface area contributed by atoms with E-state index in [1.54, 1.807) is 31.2 Å². The van der Waals surface area contributed by atoms with Crippen LogP contribution in [0, 0.1) is 0 Å². The molecular formula is C25H31Br2N3O4S. The Morgan fingerprint density at radius 3 is 2.26 bits per heavy atom. The second-order valence-electron chi connectivity index (χ2n) is 8.89. The molecule has 0 bridgehead atoms. The standard InChI is InChI=1S/C25H31Br2N3O4S/c1-18(25(32)28-21-8-4-3-5-9-21)29(16-19-12-14-20(26)15-13-19)24(31)17-30(35(2,33)34)23-11-7-6-10-22(23)27/h6-7,10-15,18,21H,3-5,8-9,16-17H2,1-2H3,(H,28,32). The number of halogens is 2. The van der Waals surface area contributed by atoms with Gasteiger partial charge in [-0.15, -0.1) is 0 Å².